The summed E-state index contributed by atoms with van der Waals surface area (Å²) in [6, 6.07) is 0.560. The van der Waals surface area contributed by atoms with E-state index < -0.39 is 0 Å². The number of aromatic nitrogens is 2. The number of hydrogen-bond acceptors (Lipinski definition) is 4. The molecule has 5 nitrogen and oxygen atoms in total. The quantitative estimate of drug-likeness (QED) is 0.833. The molecule has 1 aromatic rings. The molecular weight excluding hydrogens is 218 g/mol. The van der Waals surface area contributed by atoms with Crippen LogP contribution < -0.4 is 10.1 Å². The van der Waals surface area contributed by atoms with Gasteiger partial charge in [0.05, 0.1) is 24.5 Å². The van der Waals surface area contributed by atoms with Gasteiger partial charge in [-0.15, -0.1) is 0 Å². The molecule has 1 heterocycles. The summed E-state index contributed by atoms with van der Waals surface area (Å²) in [6.07, 6.45) is 2.63. The van der Waals surface area contributed by atoms with Gasteiger partial charge < -0.3 is 14.8 Å². The third kappa shape index (κ3) is 2.45. The Hall–Kier alpha value is -1.07. The van der Waals surface area contributed by atoms with E-state index in [1.165, 1.54) is 0 Å². The molecule has 17 heavy (non-hydrogen) atoms. The summed E-state index contributed by atoms with van der Waals surface area (Å²) in [4.78, 5) is 0. The molecular formula is C12H21N3O2. The fourth-order valence-corrected chi connectivity index (χ4v) is 2.31. The molecule has 0 saturated heterocycles. The summed E-state index contributed by atoms with van der Waals surface area (Å²) >= 11 is 0. The van der Waals surface area contributed by atoms with E-state index in [1.807, 2.05) is 14.0 Å². The normalized spacial score (nSPS) is 23.5. The van der Waals surface area contributed by atoms with Crippen LogP contribution in [-0.2, 0) is 18.3 Å². The lowest BCUT2D eigenvalue weighted by atomic mass is 9.89. The van der Waals surface area contributed by atoms with Crippen LogP contribution in [0.1, 0.15) is 24.1 Å². The van der Waals surface area contributed by atoms with Crippen LogP contribution in [0.2, 0.25) is 0 Å². The van der Waals surface area contributed by atoms with Crippen molar-refractivity contribution in [2.45, 2.75) is 38.5 Å². The predicted molar refractivity (Wildman–Crippen MR) is 65.2 cm³/mol. The minimum absolute atomic E-state index is 0.435. The molecule has 1 fully saturated rings. The lowest BCUT2D eigenvalue weighted by Crippen LogP contribution is -2.44. The number of nitrogens with one attached hydrogen (secondary N) is 1. The number of methoxy groups -OCH3 is 2. The van der Waals surface area contributed by atoms with Crippen LogP contribution in [0.5, 0.6) is 5.88 Å². The Kier molecular flexibility index (Phi) is 3.69. The maximum absolute atomic E-state index is 5.36. The number of hydrogen-bond donors (Lipinski definition) is 1. The molecule has 0 aromatic carbocycles. The molecule has 5 heteroatoms. The molecule has 0 atom stereocenters. The Bertz CT molecular complexity index is 383. The summed E-state index contributed by atoms with van der Waals surface area (Å²) in [5.41, 5.74) is 2.18. The minimum Gasteiger partial charge on any atom is -0.481 e. The smallest absolute Gasteiger partial charge is 0.216 e. The van der Waals surface area contributed by atoms with Crippen LogP contribution >= 0.6 is 0 Å². The molecule has 2 rings (SSSR count). The third-order valence-electron chi connectivity index (χ3n) is 3.48. The van der Waals surface area contributed by atoms with Gasteiger partial charge in [0.1, 0.15) is 0 Å². The maximum atomic E-state index is 5.36. The molecule has 1 N–H and O–H groups in total. The van der Waals surface area contributed by atoms with Gasteiger partial charge in [0.15, 0.2) is 0 Å². The van der Waals surface area contributed by atoms with E-state index in [0.29, 0.717) is 12.1 Å². The molecule has 0 radical (unpaired) electrons. The highest BCUT2D eigenvalue weighted by Crippen LogP contribution is 2.25. The molecule has 0 spiro atoms. The van der Waals surface area contributed by atoms with E-state index in [-0.39, 0.29) is 0 Å². The predicted octanol–water partition coefficient (Wildman–Crippen LogP) is 1.00. The number of rotatable bonds is 5. The fourth-order valence-electron chi connectivity index (χ4n) is 2.31. The molecule has 1 aliphatic rings. The zero-order valence-corrected chi connectivity index (χ0v) is 11.0. The van der Waals surface area contributed by atoms with Gasteiger partial charge in [0.2, 0.25) is 5.88 Å². The Morgan fingerprint density at radius 3 is 2.71 bits per heavy atom. The van der Waals surface area contributed by atoms with E-state index >= 15 is 0 Å². The molecule has 0 amide bonds. The summed E-state index contributed by atoms with van der Waals surface area (Å²) in [5, 5.41) is 7.88. The van der Waals surface area contributed by atoms with E-state index in [2.05, 4.69) is 10.4 Å². The van der Waals surface area contributed by atoms with Crippen LogP contribution in [0.25, 0.3) is 0 Å². The first-order valence-corrected chi connectivity index (χ1v) is 5.98. The molecule has 1 saturated carbocycles. The van der Waals surface area contributed by atoms with Crippen molar-refractivity contribution in [3.05, 3.63) is 11.3 Å². The van der Waals surface area contributed by atoms with Crippen LogP contribution in [0, 0.1) is 6.92 Å². The highest BCUT2D eigenvalue weighted by molar-refractivity contribution is 5.30. The van der Waals surface area contributed by atoms with Gasteiger partial charge in [0, 0.05) is 26.7 Å². The average Bonchev–Trinajstić information content (AvgIpc) is 2.51. The van der Waals surface area contributed by atoms with Crippen molar-refractivity contribution in [3.8, 4) is 5.88 Å². The Morgan fingerprint density at radius 1 is 1.41 bits per heavy atom. The van der Waals surface area contributed by atoms with Crippen molar-refractivity contribution >= 4 is 0 Å². The Labute approximate surface area is 102 Å². The van der Waals surface area contributed by atoms with Crippen molar-refractivity contribution in [3.63, 3.8) is 0 Å². The summed E-state index contributed by atoms with van der Waals surface area (Å²) < 4.78 is 12.4. The van der Waals surface area contributed by atoms with Crippen molar-refractivity contribution in [1.29, 1.82) is 0 Å². The van der Waals surface area contributed by atoms with Gasteiger partial charge in [-0.1, -0.05) is 0 Å². The van der Waals surface area contributed by atoms with Gasteiger partial charge in [-0.3, -0.25) is 0 Å². The first-order chi connectivity index (χ1) is 8.15. The highest BCUT2D eigenvalue weighted by Gasteiger charge is 2.29. The standard InChI is InChI=1S/C12H21N3O2/c1-8-11(12(17-4)15(2)14-8)7-13-9-5-10(6-9)16-3/h9-10,13H,5-7H2,1-4H3. The molecule has 0 bridgehead atoms. The van der Waals surface area contributed by atoms with Gasteiger partial charge >= 0.3 is 0 Å². The highest BCUT2D eigenvalue weighted by atomic mass is 16.5. The van der Waals surface area contributed by atoms with Crippen molar-refractivity contribution in [2.24, 2.45) is 7.05 Å². The van der Waals surface area contributed by atoms with Crippen LogP contribution in [0.3, 0.4) is 0 Å². The second-order valence-corrected chi connectivity index (χ2v) is 4.60. The third-order valence-corrected chi connectivity index (χ3v) is 3.48. The van der Waals surface area contributed by atoms with Gasteiger partial charge in [-0.25, -0.2) is 4.68 Å². The summed E-state index contributed by atoms with van der Waals surface area (Å²) in [6.45, 7) is 2.82. The van der Waals surface area contributed by atoms with Gasteiger partial charge in [-0.2, -0.15) is 5.10 Å². The Morgan fingerprint density at radius 2 is 2.12 bits per heavy atom. The summed E-state index contributed by atoms with van der Waals surface area (Å²) in [5.74, 6) is 0.845. The number of nitrogens with zero attached hydrogens (tertiary/aromatic N) is 2. The van der Waals surface area contributed by atoms with E-state index in [0.717, 1.165) is 36.5 Å². The molecule has 96 valence electrons. The monoisotopic (exact) mass is 239 g/mol. The first-order valence-electron chi connectivity index (χ1n) is 5.98. The van der Waals surface area contributed by atoms with E-state index in [4.69, 9.17) is 9.47 Å². The Balaban J connectivity index is 1.91. The van der Waals surface area contributed by atoms with Crippen LogP contribution in [0.15, 0.2) is 0 Å². The van der Waals surface area contributed by atoms with Crippen LogP contribution in [-0.4, -0.2) is 36.1 Å². The van der Waals surface area contributed by atoms with Gasteiger partial charge in [0.25, 0.3) is 0 Å². The minimum atomic E-state index is 0.435. The number of aryl methyl sites for hydroxylation is 2. The molecule has 1 aromatic heterocycles. The average molecular weight is 239 g/mol. The van der Waals surface area contributed by atoms with Crippen molar-refractivity contribution in [1.82, 2.24) is 15.1 Å². The first kappa shape index (κ1) is 12.4. The SMILES string of the molecule is COc1c(CNC2CC(OC)C2)c(C)nn1C. The van der Waals surface area contributed by atoms with E-state index in [9.17, 15) is 0 Å². The lowest BCUT2D eigenvalue weighted by Gasteiger charge is -2.34. The summed E-state index contributed by atoms with van der Waals surface area (Å²) in [7, 11) is 5.36. The zero-order valence-electron chi connectivity index (χ0n) is 11.0. The molecule has 0 aliphatic heterocycles. The molecule has 0 unspecified atom stereocenters. The van der Waals surface area contributed by atoms with Crippen molar-refractivity contribution < 1.29 is 9.47 Å². The van der Waals surface area contributed by atoms with Crippen LogP contribution in [0.4, 0.5) is 0 Å². The second kappa shape index (κ2) is 5.06. The number of ether oxygens (including phenoxy) is 2. The fraction of sp³-hybridized carbons (Fsp3) is 0.750. The van der Waals surface area contributed by atoms with Gasteiger partial charge in [-0.05, 0) is 19.8 Å². The topological polar surface area (TPSA) is 48.3 Å². The zero-order chi connectivity index (χ0) is 12.4. The second-order valence-electron chi connectivity index (χ2n) is 4.60. The maximum Gasteiger partial charge on any atom is 0.216 e. The molecule has 1 aliphatic carbocycles. The lowest BCUT2D eigenvalue weighted by molar-refractivity contribution is 0.0169. The largest absolute Gasteiger partial charge is 0.481 e. The van der Waals surface area contributed by atoms with E-state index in [1.54, 1.807) is 18.9 Å². The van der Waals surface area contributed by atoms with Crippen molar-refractivity contribution in [2.75, 3.05) is 14.2 Å².